The molecular formula is C13H18Cl2N4O2. The van der Waals surface area contributed by atoms with Crippen molar-refractivity contribution in [2.45, 2.75) is 12.5 Å². The summed E-state index contributed by atoms with van der Waals surface area (Å²) < 4.78 is 5.08. The average molecular weight is 333 g/mol. The first kappa shape index (κ1) is 19.5. The van der Waals surface area contributed by atoms with Crippen LogP contribution in [0.5, 0.6) is 0 Å². The zero-order valence-corrected chi connectivity index (χ0v) is 13.1. The standard InChI is InChI=1S/C13H16N4O2.2ClH/c1-19-9(7-14)6-13(18)17-12-3-5-16-11-2-4-15-8-10(11)12;;/h2-5,8-9H,6-7,14H2,1H3,(H,16,17,18);2*1H. The number of aromatic nitrogens is 2. The highest BCUT2D eigenvalue weighted by atomic mass is 35.5. The van der Waals surface area contributed by atoms with E-state index in [2.05, 4.69) is 15.3 Å². The number of nitrogens with one attached hydrogen (secondary N) is 1. The van der Waals surface area contributed by atoms with Gasteiger partial charge in [0.2, 0.25) is 5.91 Å². The van der Waals surface area contributed by atoms with Gasteiger partial charge < -0.3 is 15.8 Å². The maximum absolute atomic E-state index is 11.9. The van der Waals surface area contributed by atoms with Crippen LogP contribution in [-0.2, 0) is 9.53 Å². The molecule has 0 radical (unpaired) electrons. The number of carbonyl (C=O) groups is 1. The van der Waals surface area contributed by atoms with Crippen LogP contribution in [0, 0.1) is 0 Å². The average Bonchev–Trinajstić information content (AvgIpc) is 2.45. The van der Waals surface area contributed by atoms with Gasteiger partial charge in [0.15, 0.2) is 0 Å². The Bertz CT molecular complexity index is 574. The van der Waals surface area contributed by atoms with E-state index in [1.165, 1.54) is 7.11 Å². The molecule has 0 saturated carbocycles. The van der Waals surface area contributed by atoms with Gasteiger partial charge in [-0.25, -0.2) is 0 Å². The number of hydrogen-bond donors (Lipinski definition) is 2. The predicted molar refractivity (Wildman–Crippen MR) is 87.1 cm³/mol. The molecule has 0 aliphatic rings. The van der Waals surface area contributed by atoms with E-state index in [4.69, 9.17) is 10.5 Å². The lowest BCUT2D eigenvalue weighted by Gasteiger charge is -2.13. The Kier molecular flexibility index (Phi) is 8.80. The largest absolute Gasteiger partial charge is 0.380 e. The first-order chi connectivity index (χ1) is 9.24. The van der Waals surface area contributed by atoms with Crippen LogP contribution in [0.4, 0.5) is 5.69 Å². The molecule has 8 heteroatoms. The molecule has 0 fully saturated rings. The second-order valence-electron chi connectivity index (χ2n) is 4.10. The van der Waals surface area contributed by atoms with Crippen molar-refractivity contribution in [1.82, 2.24) is 9.97 Å². The van der Waals surface area contributed by atoms with Gasteiger partial charge in [0.1, 0.15) is 0 Å². The number of halogens is 2. The van der Waals surface area contributed by atoms with E-state index in [9.17, 15) is 4.79 Å². The molecule has 0 aromatic carbocycles. The van der Waals surface area contributed by atoms with Crippen molar-refractivity contribution in [2.24, 2.45) is 5.73 Å². The fourth-order valence-electron chi connectivity index (χ4n) is 1.77. The molecule has 0 saturated heterocycles. The topological polar surface area (TPSA) is 90.1 Å². The lowest BCUT2D eigenvalue weighted by Crippen LogP contribution is -2.28. The molecule has 1 atom stereocenters. The van der Waals surface area contributed by atoms with E-state index >= 15 is 0 Å². The van der Waals surface area contributed by atoms with Crippen molar-refractivity contribution in [1.29, 1.82) is 0 Å². The fraction of sp³-hybridized carbons (Fsp3) is 0.308. The Hall–Kier alpha value is -1.47. The van der Waals surface area contributed by atoms with Gasteiger partial charge in [-0.3, -0.25) is 14.8 Å². The van der Waals surface area contributed by atoms with Crippen molar-refractivity contribution in [2.75, 3.05) is 19.0 Å². The summed E-state index contributed by atoms with van der Waals surface area (Å²) in [5, 5.41) is 3.64. The van der Waals surface area contributed by atoms with Gasteiger partial charge in [0, 0.05) is 37.6 Å². The first-order valence-corrected chi connectivity index (χ1v) is 5.96. The van der Waals surface area contributed by atoms with Crippen molar-refractivity contribution >= 4 is 47.3 Å². The normalized spacial score (nSPS) is 11.1. The quantitative estimate of drug-likeness (QED) is 0.870. The molecule has 0 bridgehead atoms. The van der Waals surface area contributed by atoms with Gasteiger partial charge in [-0.1, -0.05) is 0 Å². The fourth-order valence-corrected chi connectivity index (χ4v) is 1.77. The lowest BCUT2D eigenvalue weighted by molar-refractivity contribution is -0.118. The molecule has 2 rings (SSSR count). The number of methoxy groups -OCH3 is 1. The molecule has 0 aliphatic carbocycles. The summed E-state index contributed by atoms with van der Waals surface area (Å²) in [6.07, 6.45) is 4.93. The highest BCUT2D eigenvalue weighted by molar-refractivity contribution is 6.00. The van der Waals surface area contributed by atoms with Gasteiger partial charge >= 0.3 is 0 Å². The Labute approximate surface area is 135 Å². The van der Waals surface area contributed by atoms with Crippen LogP contribution in [0.15, 0.2) is 30.7 Å². The van der Waals surface area contributed by atoms with Crippen LogP contribution in [0.2, 0.25) is 0 Å². The van der Waals surface area contributed by atoms with E-state index in [1.54, 1.807) is 30.7 Å². The van der Waals surface area contributed by atoms with E-state index in [-0.39, 0.29) is 43.2 Å². The molecule has 0 spiro atoms. The Morgan fingerprint density at radius 1 is 1.38 bits per heavy atom. The molecule has 2 aromatic heterocycles. The molecule has 116 valence electrons. The minimum atomic E-state index is -0.272. The summed E-state index contributed by atoms with van der Waals surface area (Å²) in [6, 6.07) is 3.54. The molecule has 6 nitrogen and oxygen atoms in total. The molecule has 21 heavy (non-hydrogen) atoms. The number of nitrogens with two attached hydrogens (primary N) is 1. The smallest absolute Gasteiger partial charge is 0.227 e. The summed E-state index contributed by atoms with van der Waals surface area (Å²) in [4.78, 5) is 20.1. The van der Waals surface area contributed by atoms with Crippen molar-refractivity contribution in [3.63, 3.8) is 0 Å². The van der Waals surface area contributed by atoms with Gasteiger partial charge in [0.25, 0.3) is 0 Å². The third-order valence-electron chi connectivity index (χ3n) is 2.83. The summed E-state index contributed by atoms with van der Waals surface area (Å²) in [5.74, 6) is -0.145. The van der Waals surface area contributed by atoms with Crippen molar-refractivity contribution in [3.05, 3.63) is 30.7 Å². The van der Waals surface area contributed by atoms with Crippen LogP contribution < -0.4 is 11.1 Å². The van der Waals surface area contributed by atoms with Crippen LogP contribution in [0.1, 0.15) is 6.42 Å². The maximum Gasteiger partial charge on any atom is 0.227 e. The second kappa shape index (κ2) is 9.46. The molecule has 3 N–H and O–H groups in total. The summed E-state index contributed by atoms with van der Waals surface area (Å²) >= 11 is 0. The third-order valence-corrected chi connectivity index (χ3v) is 2.83. The number of carbonyl (C=O) groups excluding carboxylic acids is 1. The number of ether oxygens (including phenoxy) is 1. The number of amides is 1. The SMILES string of the molecule is COC(CN)CC(=O)Nc1ccnc2ccncc12.Cl.Cl. The zero-order chi connectivity index (χ0) is 13.7. The van der Waals surface area contributed by atoms with E-state index < -0.39 is 0 Å². The summed E-state index contributed by atoms with van der Waals surface area (Å²) in [5.41, 5.74) is 6.97. The minimum Gasteiger partial charge on any atom is -0.380 e. The molecule has 2 aromatic rings. The molecule has 1 unspecified atom stereocenters. The number of nitrogens with zero attached hydrogens (tertiary/aromatic N) is 2. The van der Waals surface area contributed by atoms with E-state index in [0.717, 1.165) is 10.9 Å². The lowest BCUT2D eigenvalue weighted by atomic mass is 10.2. The predicted octanol–water partition coefficient (Wildman–Crippen LogP) is 1.78. The Morgan fingerprint density at radius 2 is 2.14 bits per heavy atom. The monoisotopic (exact) mass is 332 g/mol. The minimum absolute atomic E-state index is 0. The highest BCUT2D eigenvalue weighted by Crippen LogP contribution is 2.20. The Balaban J connectivity index is 0.00000200. The van der Waals surface area contributed by atoms with Crippen LogP contribution in [0.3, 0.4) is 0 Å². The molecule has 0 aliphatic heterocycles. The number of fused-ring (bicyclic) bond motifs is 1. The number of anilines is 1. The third kappa shape index (κ3) is 5.09. The molecule has 2 heterocycles. The number of rotatable bonds is 5. The highest BCUT2D eigenvalue weighted by Gasteiger charge is 2.12. The van der Waals surface area contributed by atoms with Crippen LogP contribution in [0.25, 0.3) is 10.9 Å². The zero-order valence-electron chi connectivity index (χ0n) is 11.5. The Morgan fingerprint density at radius 3 is 2.81 bits per heavy atom. The number of pyridine rings is 2. The van der Waals surface area contributed by atoms with E-state index in [0.29, 0.717) is 12.2 Å². The summed E-state index contributed by atoms with van der Waals surface area (Å²) in [7, 11) is 1.54. The van der Waals surface area contributed by atoms with Crippen molar-refractivity contribution in [3.8, 4) is 0 Å². The second-order valence-corrected chi connectivity index (χ2v) is 4.10. The summed E-state index contributed by atoms with van der Waals surface area (Å²) in [6.45, 7) is 0.308. The first-order valence-electron chi connectivity index (χ1n) is 5.96. The van der Waals surface area contributed by atoms with Gasteiger partial charge in [-0.15, -0.1) is 24.8 Å². The molecule has 1 amide bonds. The van der Waals surface area contributed by atoms with Gasteiger partial charge in [-0.05, 0) is 12.1 Å². The van der Waals surface area contributed by atoms with Gasteiger partial charge in [0.05, 0.1) is 23.7 Å². The maximum atomic E-state index is 11.9. The molecular weight excluding hydrogens is 315 g/mol. The van der Waals surface area contributed by atoms with Crippen LogP contribution in [-0.4, -0.2) is 35.6 Å². The van der Waals surface area contributed by atoms with E-state index in [1.807, 2.05) is 0 Å². The van der Waals surface area contributed by atoms with Gasteiger partial charge in [-0.2, -0.15) is 0 Å². The number of hydrogen-bond acceptors (Lipinski definition) is 5. The van der Waals surface area contributed by atoms with Crippen molar-refractivity contribution < 1.29 is 9.53 Å². The van der Waals surface area contributed by atoms with Crippen LogP contribution >= 0.6 is 24.8 Å².